The van der Waals surface area contributed by atoms with Crippen molar-refractivity contribution in [2.75, 3.05) is 26.6 Å². The van der Waals surface area contributed by atoms with Crippen LogP contribution in [-0.2, 0) is 25.4 Å². The molecule has 1 aromatic rings. The maximum Gasteiger partial charge on any atom is 0.413 e. The van der Waals surface area contributed by atoms with Crippen molar-refractivity contribution in [3.8, 4) is 11.5 Å². The molecular weight excluding hydrogens is 354 g/mol. The molecule has 8 heteroatoms. The summed E-state index contributed by atoms with van der Waals surface area (Å²) in [5, 5.41) is 0. The van der Waals surface area contributed by atoms with E-state index in [4.69, 9.17) is 23.7 Å². The third-order valence-corrected chi connectivity index (χ3v) is 4.60. The number of ether oxygens (including phenoxy) is 5. The Morgan fingerprint density at radius 3 is 2.59 bits per heavy atom. The topological polar surface area (TPSA) is 83.5 Å². The number of carbonyl (C=O) groups is 2. The second-order valence-electron chi connectivity index (χ2n) is 6.65. The average Bonchev–Trinajstić information content (AvgIpc) is 3.01. The molecule has 0 spiro atoms. The molecule has 0 saturated carbocycles. The van der Waals surface area contributed by atoms with Crippen LogP contribution in [0.15, 0.2) is 18.2 Å². The number of likely N-dealkylation sites (N-methyl/N-ethyl adjacent to an activating group) is 1. The van der Waals surface area contributed by atoms with E-state index in [-0.39, 0.29) is 18.8 Å². The van der Waals surface area contributed by atoms with Gasteiger partial charge in [-0.1, -0.05) is 6.07 Å². The molecule has 0 aliphatic carbocycles. The lowest BCUT2D eigenvalue weighted by atomic mass is 10.1. The van der Waals surface area contributed by atoms with Gasteiger partial charge in [-0.3, -0.25) is 4.79 Å². The van der Waals surface area contributed by atoms with E-state index in [0.717, 1.165) is 11.3 Å². The standard InChI is InChI=1S/C19H25NO7/c1-4-20(19(22)27-13(3)26-18(21)15-9-23-10-15)12(2)7-14-5-6-16-17(8-14)25-11-24-16/h5-6,8,12-13,15H,4,7,9-11H2,1-3H3/t12-,13?/m0/s1. The monoisotopic (exact) mass is 379 g/mol. The van der Waals surface area contributed by atoms with Gasteiger partial charge in [-0.15, -0.1) is 0 Å². The van der Waals surface area contributed by atoms with Gasteiger partial charge >= 0.3 is 12.1 Å². The molecule has 2 atom stereocenters. The van der Waals surface area contributed by atoms with Gasteiger partial charge in [0, 0.05) is 19.5 Å². The summed E-state index contributed by atoms with van der Waals surface area (Å²) in [6.45, 7) is 6.76. The summed E-state index contributed by atoms with van der Waals surface area (Å²) in [7, 11) is 0. The van der Waals surface area contributed by atoms with Crippen molar-refractivity contribution in [2.24, 2.45) is 5.92 Å². The Balaban J connectivity index is 1.52. The Hall–Kier alpha value is -2.48. The number of benzene rings is 1. The molecule has 3 rings (SSSR count). The number of esters is 1. The summed E-state index contributed by atoms with van der Waals surface area (Å²) in [4.78, 5) is 25.9. The highest BCUT2D eigenvalue weighted by atomic mass is 16.7. The number of amides is 1. The molecule has 1 fully saturated rings. The van der Waals surface area contributed by atoms with E-state index in [0.29, 0.717) is 31.9 Å². The van der Waals surface area contributed by atoms with Crippen molar-refractivity contribution >= 4 is 12.1 Å². The van der Waals surface area contributed by atoms with Crippen LogP contribution in [0.2, 0.25) is 0 Å². The van der Waals surface area contributed by atoms with Crippen LogP contribution in [0.1, 0.15) is 26.3 Å². The van der Waals surface area contributed by atoms with Gasteiger partial charge in [-0.25, -0.2) is 4.79 Å². The van der Waals surface area contributed by atoms with Crippen LogP contribution < -0.4 is 9.47 Å². The van der Waals surface area contributed by atoms with Crippen molar-refractivity contribution in [1.29, 1.82) is 0 Å². The zero-order valence-corrected chi connectivity index (χ0v) is 15.8. The minimum absolute atomic E-state index is 0.106. The highest BCUT2D eigenvalue weighted by molar-refractivity contribution is 5.74. The SMILES string of the molecule is CCN(C(=O)OC(C)OC(=O)C1COC1)[C@@H](C)Cc1ccc2c(c1)OCO2. The molecule has 27 heavy (non-hydrogen) atoms. The van der Waals surface area contributed by atoms with Crippen molar-refractivity contribution in [1.82, 2.24) is 4.90 Å². The third kappa shape index (κ3) is 4.63. The Morgan fingerprint density at radius 2 is 1.93 bits per heavy atom. The van der Waals surface area contributed by atoms with Crippen LogP contribution >= 0.6 is 0 Å². The molecule has 1 saturated heterocycles. The van der Waals surface area contributed by atoms with Gasteiger partial charge in [0.2, 0.25) is 13.1 Å². The Labute approximate surface area is 158 Å². The fraction of sp³-hybridized carbons (Fsp3) is 0.579. The molecule has 2 heterocycles. The summed E-state index contributed by atoms with van der Waals surface area (Å²) in [6.07, 6.45) is -0.832. The predicted molar refractivity (Wildman–Crippen MR) is 94.5 cm³/mol. The van der Waals surface area contributed by atoms with Gasteiger partial charge in [-0.2, -0.15) is 0 Å². The smallest absolute Gasteiger partial charge is 0.413 e. The van der Waals surface area contributed by atoms with E-state index in [1.807, 2.05) is 32.0 Å². The molecule has 2 aliphatic heterocycles. The van der Waals surface area contributed by atoms with Gasteiger partial charge in [0.05, 0.1) is 13.2 Å². The lowest BCUT2D eigenvalue weighted by Gasteiger charge is -2.29. The first-order valence-corrected chi connectivity index (χ1v) is 9.12. The van der Waals surface area contributed by atoms with Gasteiger partial charge in [0.25, 0.3) is 0 Å². The summed E-state index contributed by atoms with van der Waals surface area (Å²) >= 11 is 0. The van der Waals surface area contributed by atoms with Crippen LogP contribution in [0, 0.1) is 5.92 Å². The van der Waals surface area contributed by atoms with Gasteiger partial charge in [0.15, 0.2) is 11.5 Å². The summed E-state index contributed by atoms with van der Waals surface area (Å²) in [6, 6.07) is 5.63. The molecule has 1 amide bonds. The van der Waals surface area contributed by atoms with Gasteiger partial charge < -0.3 is 28.6 Å². The van der Waals surface area contributed by atoms with Crippen LogP contribution in [0.3, 0.4) is 0 Å². The number of hydrogen-bond acceptors (Lipinski definition) is 7. The summed E-state index contributed by atoms with van der Waals surface area (Å²) < 4.78 is 26.1. The zero-order valence-electron chi connectivity index (χ0n) is 15.8. The van der Waals surface area contributed by atoms with Gasteiger partial charge in [-0.05, 0) is 38.0 Å². The van der Waals surface area contributed by atoms with E-state index < -0.39 is 18.4 Å². The first kappa shape index (κ1) is 19.3. The van der Waals surface area contributed by atoms with Crippen LogP contribution in [-0.4, -0.2) is 55.8 Å². The molecule has 0 radical (unpaired) electrons. The van der Waals surface area contributed by atoms with Gasteiger partial charge in [0.1, 0.15) is 5.92 Å². The van der Waals surface area contributed by atoms with E-state index in [9.17, 15) is 9.59 Å². The normalized spacial score (nSPS) is 17.6. The molecule has 1 unspecified atom stereocenters. The lowest BCUT2D eigenvalue weighted by Crippen LogP contribution is -2.43. The Bertz CT molecular complexity index is 689. The van der Waals surface area contributed by atoms with E-state index in [1.54, 1.807) is 4.90 Å². The third-order valence-electron chi connectivity index (χ3n) is 4.60. The first-order valence-electron chi connectivity index (χ1n) is 9.12. The summed E-state index contributed by atoms with van der Waals surface area (Å²) in [5.74, 6) is 0.771. The minimum atomic E-state index is -0.947. The fourth-order valence-corrected chi connectivity index (χ4v) is 3.01. The van der Waals surface area contributed by atoms with Crippen molar-refractivity contribution in [3.63, 3.8) is 0 Å². The zero-order chi connectivity index (χ0) is 19.4. The highest BCUT2D eigenvalue weighted by Crippen LogP contribution is 2.33. The maximum absolute atomic E-state index is 12.5. The molecule has 8 nitrogen and oxygen atoms in total. The quantitative estimate of drug-likeness (QED) is 0.531. The molecule has 0 bridgehead atoms. The predicted octanol–water partition coefficient (Wildman–Crippen LogP) is 2.34. The average molecular weight is 379 g/mol. The number of fused-ring (bicyclic) bond motifs is 1. The fourth-order valence-electron chi connectivity index (χ4n) is 3.01. The first-order chi connectivity index (χ1) is 13.0. The van der Waals surface area contributed by atoms with E-state index in [2.05, 4.69) is 0 Å². The van der Waals surface area contributed by atoms with Crippen LogP contribution in [0.5, 0.6) is 11.5 Å². The number of hydrogen-bond donors (Lipinski definition) is 0. The van der Waals surface area contributed by atoms with E-state index >= 15 is 0 Å². The van der Waals surface area contributed by atoms with E-state index in [1.165, 1.54) is 6.92 Å². The lowest BCUT2D eigenvalue weighted by molar-refractivity contribution is -0.184. The number of nitrogens with zero attached hydrogens (tertiary/aromatic N) is 1. The number of rotatable bonds is 7. The molecule has 148 valence electrons. The Morgan fingerprint density at radius 1 is 1.19 bits per heavy atom. The molecule has 1 aromatic carbocycles. The largest absolute Gasteiger partial charge is 0.454 e. The maximum atomic E-state index is 12.5. The molecular formula is C19H25NO7. The second-order valence-corrected chi connectivity index (χ2v) is 6.65. The van der Waals surface area contributed by atoms with Crippen molar-refractivity contribution in [3.05, 3.63) is 23.8 Å². The summed E-state index contributed by atoms with van der Waals surface area (Å²) in [5.41, 5.74) is 1.03. The number of carbonyl (C=O) groups excluding carboxylic acids is 2. The minimum Gasteiger partial charge on any atom is -0.454 e. The molecule has 0 N–H and O–H groups in total. The van der Waals surface area contributed by atoms with Crippen molar-refractivity contribution in [2.45, 2.75) is 39.5 Å². The molecule has 0 aromatic heterocycles. The van der Waals surface area contributed by atoms with Crippen molar-refractivity contribution < 1.29 is 33.3 Å². The second kappa shape index (κ2) is 8.47. The Kier molecular flexibility index (Phi) is 6.05. The van der Waals surface area contributed by atoms with Crippen LogP contribution in [0.25, 0.3) is 0 Å². The molecule has 2 aliphatic rings. The van der Waals surface area contributed by atoms with Crippen LogP contribution in [0.4, 0.5) is 4.79 Å². The highest BCUT2D eigenvalue weighted by Gasteiger charge is 2.31.